The standard InChI is InChI=1S/C13H12ClIN2O2S/c1-8-5-11(7-12(16)13(8)14)20(18,19)17-10-4-2-3-9(15)6-10/h2-7,17H,16H2,1H3. The van der Waals surface area contributed by atoms with Gasteiger partial charge in [0.2, 0.25) is 0 Å². The lowest BCUT2D eigenvalue weighted by atomic mass is 10.2. The fourth-order valence-corrected chi connectivity index (χ4v) is 3.51. The highest BCUT2D eigenvalue weighted by Crippen LogP contribution is 2.28. The Morgan fingerprint density at radius 3 is 2.55 bits per heavy atom. The highest BCUT2D eigenvalue weighted by atomic mass is 127. The highest BCUT2D eigenvalue weighted by molar-refractivity contribution is 14.1. The van der Waals surface area contributed by atoms with Crippen molar-refractivity contribution in [2.45, 2.75) is 11.8 Å². The van der Waals surface area contributed by atoms with Crippen LogP contribution in [0.15, 0.2) is 41.3 Å². The quantitative estimate of drug-likeness (QED) is 0.586. The van der Waals surface area contributed by atoms with Gasteiger partial charge >= 0.3 is 0 Å². The smallest absolute Gasteiger partial charge is 0.261 e. The van der Waals surface area contributed by atoms with Crippen LogP contribution in [-0.4, -0.2) is 8.42 Å². The third kappa shape index (κ3) is 3.36. The van der Waals surface area contributed by atoms with Crippen LogP contribution in [-0.2, 0) is 10.0 Å². The van der Waals surface area contributed by atoms with E-state index in [1.807, 2.05) is 6.07 Å². The average Bonchev–Trinajstić information content (AvgIpc) is 2.34. The summed E-state index contributed by atoms with van der Waals surface area (Å²) in [6.07, 6.45) is 0. The number of hydrogen-bond donors (Lipinski definition) is 2. The van der Waals surface area contributed by atoms with Gasteiger partial charge in [0.1, 0.15) is 0 Å². The molecule has 7 heteroatoms. The highest BCUT2D eigenvalue weighted by Gasteiger charge is 2.17. The van der Waals surface area contributed by atoms with Gasteiger partial charge < -0.3 is 5.73 Å². The topological polar surface area (TPSA) is 72.2 Å². The molecule has 2 aromatic carbocycles. The first kappa shape index (κ1) is 15.4. The van der Waals surface area contributed by atoms with Crippen LogP contribution in [0, 0.1) is 10.5 Å². The maximum Gasteiger partial charge on any atom is 0.261 e. The van der Waals surface area contributed by atoms with Crippen LogP contribution in [0.25, 0.3) is 0 Å². The van der Waals surface area contributed by atoms with Crippen LogP contribution in [0.2, 0.25) is 5.02 Å². The number of rotatable bonds is 3. The maximum atomic E-state index is 12.3. The first-order valence-corrected chi connectivity index (χ1v) is 8.57. The van der Waals surface area contributed by atoms with Crippen LogP contribution in [0.4, 0.5) is 11.4 Å². The fourth-order valence-electron chi connectivity index (χ4n) is 1.68. The van der Waals surface area contributed by atoms with Gasteiger partial charge in [0, 0.05) is 9.26 Å². The van der Waals surface area contributed by atoms with Gasteiger partial charge in [-0.2, -0.15) is 0 Å². The average molecular weight is 423 g/mol. The molecule has 0 aliphatic heterocycles. The van der Waals surface area contributed by atoms with Crippen molar-refractivity contribution in [2.75, 3.05) is 10.5 Å². The molecular weight excluding hydrogens is 411 g/mol. The van der Waals surface area contributed by atoms with E-state index in [1.54, 1.807) is 25.1 Å². The summed E-state index contributed by atoms with van der Waals surface area (Å²) < 4.78 is 28.1. The number of benzene rings is 2. The van der Waals surface area contributed by atoms with Gasteiger partial charge in [-0.15, -0.1) is 0 Å². The summed E-state index contributed by atoms with van der Waals surface area (Å²) >= 11 is 8.05. The van der Waals surface area contributed by atoms with Crippen molar-refractivity contribution in [3.63, 3.8) is 0 Å². The molecule has 2 rings (SSSR count). The van der Waals surface area contributed by atoms with Crippen molar-refractivity contribution < 1.29 is 8.42 Å². The molecule has 0 saturated heterocycles. The number of halogens is 2. The van der Waals surface area contributed by atoms with E-state index in [9.17, 15) is 8.42 Å². The SMILES string of the molecule is Cc1cc(S(=O)(=O)Nc2cccc(I)c2)cc(N)c1Cl. The van der Waals surface area contributed by atoms with Gasteiger partial charge in [-0.05, 0) is 65.4 Å². The number of nitrogens with one attached hydrogen (secondary N) is 1. The van der Waals surface area contributed by atoms with Crippen molar-refractivity contribution in [2.24, 2.45) is 0 Å². The van der Waals surface area contributed by atoms with Gasteiger partial charge in [-0.1, -0.05) is 17.7 Å². The summed E-state index contributed by atoms with van der Waals surface area (Å²) in [6, 6.07) is 9.93. The second kappa shape index (κ2) is 5.79. The molecule has 0 spiro atoms. The van der Waals surface area contributed by atoms with E-state index in [0.717, 1.165) is 3.57 Å². The van der Waals surface area contributed by atoms with E-state index < -0.39 is 10.0 Å². The van der Waals surface area contributed by atoms with Crippen LogP contribution in [0.3, 0.4) is 0 Å². The van der Waals surface area contributed by atoms with E-state index >= 15 is 0 Å². The predicted octanol–water partition coefficient (Wildman–Crippen LogP) is 3.64. The van der Waals surface area contributed by atoms with Crippen LogP contribution < -0.4 is 10.5 Å². The minimum Gasteiger partial charge on any atom is -0.397 e. The van der Waals surface area contributed by atoms with Crippen molar-refractivity contribution in [3.8, 4) is 0 Å². The van der Waals surface area contributed by atoms with Gasteiger partial charge in [-0.3, -0.25) is 4.72 Å². The second-order valence-corrected chi connectivity index (χ2v) is 7.57. The molecule has 0 atom stereocenters. The zero-order valence-corrected chi connectivity index (χ0v) is 14.3. The maximum absolute atomic E-state index is 12.3. The minimum atomic E-state index is -3.68. The summed E-state index contributed by atoms with van der Waals surface area (Å²) in [7, 11) is -3.68. The van der Waals surface area contributed by atoms with E-state index in [0.29, 0.717) is 16.3 Å². The minimum absolute atomic E-state index is 0.0933. The summed E-state index contributed by atoms with van der Waals surface area (Å²) in [6.45, 7) is 1.71. The van der Waals surface area contributed by atoms with Gasteiger partial charge in [0.05, 0.1) is 15.6 Å². The molecule has 106 valence electrons. The Kier molecular flexibility index (Phi) is 4.46. The third-order valence-electron chi connectivity index (χ3n) is 2.64. The molecule has 4 nitrogen and oxygen atoms in total. The first-order valence-electron chi connectivity index (χ1n) is 5.63. The molecule has 0 aliphatic carbocycles. The van der Waals surface area contributed by atoms with E-state index in [4.69, 9.17) is 17.3 Å². The lowest BCUT2D eigenvalue weighted by Gasteiger charge is -2.11. The summed E-state index contributed by atoms with van der Waals surface area (Å²) in [5, 5.41) is 0.373. The number of sulfonamides is 1. The zero-order chi connectivity index (χ0) is 14.9. The molecule has 20 heavy (non-hydrogen) atoms. The monoisotopic (exact) mass is 422 g/mol. The molecule has 0 fully saturated rings. The van der Waals surface area contributed by atoms with Crippen LogP contribution in [0.5, 0.6) is 0 Å². The Morgan fingerprint density at radius 1 is 1.25 bits per heavy atom. The molecule has 0 amide bonds. The molecule has 3 N–H and O–H groups in total. The normalized spacial score (nSPS) is 11.3. The van der Waals surface area contributed by atoms with Crippen molar-refractivity contribution in [3.05, 3.63) is 50.6 Å². The van der Waals surface area contributed by atoms with E-state index in [1.165, 1.54) is 12.1 Å². The molecule has 0 heterocycles. The molecule has 0 aromatic heterocycles. The lowest BCUT2D eigenvalue weighted by molar-refractivity contribution is 0.601. The molecule has 0 aliphatic rings. The second-order valence-electron chi connectivity index (χ2n) is 4.26. The number of nitrogen functional groups attached to an aromatic ring is 1. The van der Waals surface area contributed by atoms with Crippen molar-refractivity contribution in [1.29, 1.82) is 0 Å². The predicted molar refractivity (Wildman–Crippen MR) is 90.6 cm³/mol. The van der Waals surface area contributed by atoms with Crippen LogP contribution in [0.1, 0.15) is 5.56 Å². The molecular formula is C13H12ClIN2O2S. The Hall–Kier alpha value is -0.990. The zero-order valence-electron chi connectivity index (χ0n) is 10.5. The third-order valence-corrected chi connectivity index (χ3v) is 5.19. The number of nitrogens with two attached hydrogens (primary N) is 1. The summed E-state index contributed by atoms with van der Waals surface area (Å²) in [4.78, 5) is 0.0933. The van der Waals surface area contributed by atoms with Crippen molar-refractivity contribution in [1.82, 2.24) is 0 Å². The fraction of sp³-hybridized carbons (Fsp3) is 0.0769. The van der Waals surface area contributed by atoms with Gasteiger partial charge in [-0.25, -0.2) is 8.42 Å². The summed E-state index contributed by atoms with van der Waals surface area (Å²) in [5.74, 6) is 0. The first-order chi connectivity index (χ1) is 9.29. The van der Waals surface area contributed by atoms with Gasteiger partial charge in [0.25, 0.3) is 10.0 Å². The Labute approximate surface area is 136 Å². The molecule has 2 aromatic rings. The number of hydrogen-bond acceptors (Lipinski definition) is 3. The van der Waals surface area contributed by atoms with E-state index in [-0.39, 0.29) is 10.6 Å². The Morgan fingerprint density at radius 2 is 1.95 bits per heavy atom. The Balaban J connectivity index is 2.41. The molecule has 0 unspecified atom stereocenters. The van der Waals surface area contributed by atoms with Gasteiger partial charge in [0.15, 0.2) is 0 Å². The molecule has 0 saturated carbocycles. The van der Waals surface area contributed by atoms with Crippen LogP contribution >= 0.6 is 34.2 Å². The lowest BCUT2D eigenvalue weighted by Crippen LogP contribution is -2.13. The largest absolute Gasteiger partial charge is 0.397 e. The molecule has 0 bridgehead atoms. The van der Waals surface area contributed by atoms with E-state index in [2.05, 4.69) is 27.3 Å². The molecule has 0 radical (unpaired) electrons. The number of anilines is 2. The summed E-state index contributed by atoms with van der Waals surface area (Å²) in [5.41, 5.74) is 7.08. The number of aryl methyl sites for hydroxylation is 1. The van der Waals surface area contributed by atoms with Crippen molar-refractivity contribution >= 4 is 55.6 Å². The Bertz CT molecular complexity index is 740.